The fourth-order valence-corrected chi connectivity index (χ4v) is 4.07. The third kappa shape index (κ3) is 12.0. The second-order valence-electron chi connectivity index (χ2n) is 13.9. The molecule has 2 N–H and O–H groups in total. The van der Waals surface area contributed by atoms with E-state index in [0.29, 0.717) is 25.4 Å². The van der Waals surface area contributed by atoms with Crippen molar-refractivity contribution in [2.75, 3.05) is 13.1 Å². The lowest BCUT2D eigenvalue weighted by molar-refractivity contribution is -0.122. The summed E-state index contributed by atoms with van der Waals surface area (Å²) in [7, 11) is 0. The minimum atomic E-state index is -0.172. The molecule has 0 saturated carbocycles. The first kappa shape index (κ1) is 30.6. The van der Waals surface area contributed by atoms with Crippen molar-refractivity contribution >= 4 is 11.8 Å². The van der Waals surface area contributed by atoms with E-state index in [1.807, 2.05) is 12.4 Å². The maximum atomic E-state index is 12.5. The van der Waals surface area contributed by atoms with Gasteiger partial charge in [0.1, 0.15) is 12.6 Å². The molecule has 0 spiro atoms. The fourth-order valence-electron chi connectivity index (χ4n) is 4.07. The standard InChI is InChI=1S/C28H49N7O2/c1-26(2,3)18-29-24(36)14-23-20(15-31-33-23)13-21(28(7,8)9)11-10-12-22-16-35(34-32-22)17-25(37)30-19-27(4,5)6/h15-16,21,23H,10-14,17-19H2,1-9H3,(H,29,36)(H,30,37). The van der Waals surface area contributed by atoms with E-state index in [0.717, 1.165) is 37.0 Å². The number of aromatic nitrogens is 3. The Bertz CT molecular complexity index is 958. The molecule has 9 heteroatoms. The molecule has 37 heavy (non-hydrogen) atoms. The molecule has 2 atom stereocenters. The zero-order valence-electron chi connectivity index (χ0n) is 24.5. The predicted octanol–water partition coefficient (Wildman–Crippen LogP) is 5.09. The van der Waals surface area contributed by atoms with Crippen LogP contribution in [-0.2, 0) is 22.6 Å². The molecule has 1 aliphatic rings. The second kappa shape index (κ2) is 12.8. The van der Waals surface area contributed by atoms with Gasteiger partial charge in [0.15, 0.2) is 0 Å². The van der Waals surface area contributed by atoms with Gasteiger partial charge in [-0.1, -0.05) is 67.5 Å². The van der Waals surface area contributed by atoms with Crippen molar-refractivity contribution in [3.63, 3.8) is 0 Å². The zero-order chi connectivity index (χ0) is 27.9. The first-order valence-corrected chi connectivity index (χ1v) is 13.5. The first-order chi connectivity index (χ1) is 17.0. The summed E-state index contributed by atoms with van der Waals surface area (Å²) in [6.45, 7) is 20.8. The smallest absolute Gasteiger partial charge is 0.241 e. The lowest BCUT2D eigenvalue weighted by Crippen LogP contribution is -2.34. The van der Waals surface area contributed by atoms with Crippen LogP contribution in [0.4, 0.5) is 0 Å². The van der Waals surface area contributed by atoms with Crippen LogP contribution in [0.2, 0.25) is 0 Å². The highest BCUT2D eigenvalue weighted by Crippen LogP contribution is 2.37. The summed E-state index contributed by atoms with van der Waals surface area (Å²) >= 11 is 0. The molecule has 9 nitrogen and oxygen atoms in total. The monoisotopic (exact) mass is 515 g/mol. The number of carbonyl (C=O) groups excluding carboxylic acids is 2. The van der Waals surface area contributed by atoms with Gasteiger partial charge in [0.25, 0.3) is 0 Å². The van der Waals surface area contributed by atoms with Crippen molar-refractivity contribution in [2.45, 2.75) is 107 Å². The van der Waals surface area contributed by atoms with Crippen molar-refractivity contribution in [1.29, 1.82) is 0 Å². The number of azo groups is 1. The van der Waals surface area contributed by atoms with E-state index in [1.54, 1.807) is 4.68 Å². The molecule has 2 amide bonds. The second-order valence-corrected chi connectivity index (χ2v) is 13.9. The molecule has 208 valence electrons. The SMILES string of the molecule is CC(C)(C)CNC(=O)CC1N=NC=C1CC(CCCc1cn(CC(=O)NCC(C)(C)C)nn1)C(C)(C)C. The van der Waals surface area contributed by atoms with Gasteiger partial charge in [-0.15, -0.1) is 5.10 Å². The van der Waals surface area contributed by atoms with Gasteiger partial charge in [0.2, 0.25) is 11.8 Å². The topological polar surface area (TPSA) is 114 Å². The van der Waals surface area contributed by atoms with E-state index in [1.165, 1.54) is 0 Å². The van der Waals surface area contributed by atoms with Gasteiger partial charge in [-0.3, -0.25) is 9.59 Å². The number of carbonyl (C=O) groups is 2. The van der Waals surface area contributed by atoms with Gasteiger partial charge >= 0.3 is 0 Å². The molecule has 2 unspecified atom stereocenters. The molecule has 1 aromatic heterocycles. The van der Waals surface area contributed by atoms with Crippen molar-refractivity contribution in [1.82, 2.24) is 25.6 Å². The maximum absolute atomic E-state index is 12.5. The van der Waals surface area contributed by atoms with Crippen molar-refractivity contribution in [3.05, 3.63) is 23.7 Å². The van der Waals surface area contributed by atoms with Crippen LogP contribution in [0.25, 0.3) is 0 Å². The minimum absolute atomic E-state index is 0.0224. The lowest BCUT2D eigenvalue weighted by Gasteiger charge is -2.32. The zero-order valence-corrected chi connectivity index (χ0v) is 24.5. The highest BCUT2D eigenvalue weighted by Gasteiger charge is 2.30. The third-order valence-electron chi connectivity index (χ3n) is 6.45. The summed E-state index contributed by atoms with van der Waals surface area (Å²) in [6, 6.07) is -0.172. The number of amides is 2. The van der Waals surface area contributed by atoms with E-state index in [9.17, 15) is 9.59 Å². The Hall–Kier alpha value is -2.58. The Morgan fingerprint density at radius 2 is 1.59 bits per heavy atom. The molecule has 0 aromatic carbocycles. The van der Waals surface area contributed by atoms with Gasteiger partial charge in [-0.2, -0.15) is 10.2 Å². The van der Waals surface area contributed by atoms with Crippen LogP contribution in [0, 0.1) is 22.2 Å². The van der Waals surface area contributed by atoms with Gasteiger partial charge in [0, 0.05) is 19.3 Å². The number of hydrogen-bond acceptors (Lipinski definition) is 6. The van der Waals surface area contributed by atoms with E-state index in [4.69, 9.17) is 0 Å². The molecule has 2 heterocycles. The molecule has 0 bridgehead atoms. The normalized spacial score (nSPS) is 17.0. The average molecular weight is 516 g/mol. The lowest BCUT2D eigenvalue weighted by atomic mass is 9.73. The number of hydrogen-bond donors (Lipinski definition) is 2. The molecule has 2 rings (SSSR count). The van der Waals surface area contributed by atoms with Crippen LogP contribution in [0.5, 0.6) is 0 Å². The Morgan fingerprint density at radius 1 is 0.973 bits per heavy atom. The fraction of sp³-hybridized carbons (Fsp3) is 0.786. The van der Waals surface area contributed by atoms with E-state index in [-0.39, 0.29) is 40.6 Å². The highest BCUT2D eigenvalue weighted by atomic mass is 16.2. The quantitative estimate of drug-likeness (QED) is 0.404. The summed E-state index contributed by atoms with van der Waals surface area (Å²) in [5.74, 6) is 0.385. The number of rotatable bonds is 12. The maximum Gasteiger partial charge on any atom is 0.241 e. The molecular formula is C28H49N7O2. The van der Waals surface area contributed by atoms with Crippen molar-refractivity contribution < 1.29 is 9.59 Å². The Balaban J connectivity index is 1.85. The largest absolute Gasteiger partial charge is 0.355 e. The van der Waals surface area contributed by atoms with E-state index < -0.39 is 0 Å². The molecule has 0 radical (unpaired) electrons. The van der Waals surface area contributed by atoms with Gasteiger partial charge < -0.3 is 10.6 Å². The number of nitrogens with zero attached hydrogens (tertiary/aromatic N) is 5. The Morgan fingerprint density at radius 3 is 2.19 bits per heavy atom. The third-order valence-corrected chi connectivity index (χ3v) is 6.45. The minimum Gasteiger partial charge on any atom is -0.355 e. The summed E-state index contributed by atoms with van der Waals surface area (Å²) in [4.78, 5) is 24.6. The van der Waals surface area contributed by atoms with Crippen LogP contribution >= 0.6 is 0 Å². The Labute approximate surface area is 223 Å². The van der Waals surface area contributed by atoms with Crippen molar-refractivity contribution in [3.8, 4) is 0 Å². The number of aryl methyl sites for hydroxylation is 1. The van der Waals surface area contributed by atoms with Crippen LogP contribution in [0.1, 0.15) is 93.7 Å². The van der Waals surface area contributed by atoms with Gasteiger partial charge in [-0.05, 0) is 53.4 Å². The van der Waals surface area contributed by atoms with E-state index >= 15 is 0 Å². The summed E-state index contributed by atoms with van der Waals surface area (Å²) in [6.07, 6.45) is 7.71. The average Bonchev–Trinajstić information content (AvgIpc) is 3.37. The molecule has 0 saturated heterocycles. The van der Waals surface area contributed by atoms with Crippen LogP contribution in [0.3, 0.4) is 0 Å². The van der Waals surface area contributed by atoms with Gasteiger partial charge in [0.05, 0.1) is 18.3 Å². The summed E-state index contributed by atoms with van der Waals surface area (Å²) in [5, 5.41) is 22.9. The summed E-state index contributed by atoms with van der Waals surface area (Å²) in [5.41, 5.74) is 2.23. The Kier molecular flexibility index (Phi) is 10.6. The molecule has 0 aliphatic carbocycles. The highest BCUT2D eigenvalue weighted by molar-refractivity contribution is 5.77. The predicted molar refractivity (Wildman–Crippen MR) is 147 cm³/mol. The molecule has 1 aromatic rings. The van der Waals surface area contributed by atoms with Gasteiger partial charge in [-0.25, -0.2) is 4.68 Å². The number of nitrogens with one attached hydrogen (secondary N) is 2. The van der Waals surface area contributed by atoms with Crippen molar-refractivity contribution in [2.24, 2.45) is 32.4 Å². The molecule has 1 aliphatic heterocycles. The first-order valence-electron chi connectivity index (χ1n) is 13.5. The summed E-state index contributed by atoms with van der Waals surface area (Å²) < 4.78 is 1.61. The van der Waals surface area contributed by atoms with Crippen LogP contribution in [0.15, 0.2) is 28.2 Å². The molecule has 0 fully saturated rings. The molecular weight excluding hydrogens is 466 g/mol. The van der Waals surface area contributed by atoms with E-state index in [2.05, 4.69) is 93.5 Å². The van der Waals surface area contributed by atoms with Crippen LogP contribution in [-0.4, -0.2) is 45.9 Å². The van der Waals surface area contributed by atoms with Crippen LogP contribution < -0.4 is 10.6 Å².